The highest BCUT2D eigenvalue weighted by atomic mass is 16.3. The molecule has 0 aliphatic heterocycles. The molecular weight excluding hydrogens is 270 g/mol. The fourth-order valence-electron chi connectivity index (χ4n) is 1.90. The molecule has 0 aromatic carbocycles. The third kappa shape index (κ3) is 4.09. The van der Waals surface area contributed by atoms with E-state index in [1.165, 1.54) is 0 Å². The molecule has 0 spiro atoms. The largest absolute Gasteiger partial charge is 0.468 e. The van der Waals surface area contributed by atoms with Crippen molar-refractivity contribution in [3.05, 3.63) is 72.5 Å². The van der Waals surface area contributed by atoms with Gasteiger partial charge >= 0.3 is 0 Å². The summed E-state index contributed by atoms with van der Waals surface area (Å²) in [4.78, 5) is 0. The van der Waals surface area contributed by atoms with E-state index < -0.39 is 0 Å². The molecule has 2 N–H and O–H groups in total. The SMILES string of the molecule is c1coc(CNN(Cc2ccco2)NCc2ccco2)c1. The predicted octanol–water partition coefficient (Wildman–Crippen LogP) is 2.68. The molecule has 0 saturated heterocycles. The number of hydrogen-bond acceptors (Lipinski definition) is 6. The molecule has 0 fully saturated rings. The van der Waals surface area contributed by atoms with Gasteiger partial charge in [0.15, 0.2) is 0 Å². The van der Waals surface area contributed by atoms with Gasteiger partial charge in [0.05, 0.1) is 38.4 Å². The van der Waals surface area contributed by atoms with Gasteiger partial charge in [0, 0.05) is 0 Å². The molecule has 0 unspecified atom stereocenters. The molecule has 3 rings (SSSR count). The van der Waals surface area contributed by atoms with Crippen LogP contribution >= 0.6 is 0 Å². The Morgan fingerprint density at radius 3 is 1.62 bits per heavy atom. The number of furan rings is 3. The van der Waals surface area contributed by atoms with Crippen LogP contribution < -0.4 is 10.9 Å². The average Bonchev–Trinajstić information content (AvgIpc) is 3.24. The summed E-state index contributed by atoms with van der Waals surface area (Å²) in [5.41, 5.74) is 6.50. The van der Waals surface area contributed by atoms with Crippen molar-refractivity contribution in [2.24, 2.45) is 0 Å². The summed E-state index contributed by atoms with van der Waals surface area (Å²) in [6, 6.07) is 11.4. The van der Waals surface area contributed by atoms with Gasteiger partial charge in [0.2, 0.25) is 0 Å². The Bertz CT molecular complexity index is 564. The zero-order valence-electron chi connectivity index (χ0n) is 11.5. The monoisotopic (exact) mass is 287 g/mol. The van der Waals surface area contributed by atoms with Gasteiger partial charge in [-0.25, -0.2) is 10.9 Å². The fraction of sp³-hybridized carbons (Fsp3) is 0.200. The Kier molecular flexibility index (Phi) is 4.52. The van der Waals surface area contributed by atoms with Gasteiger partial charge in [0.25, 0.3) is 0 Å². The van der Waals surface area contributed by atoms with Crippen molar-refractivity contribution in [1.29, 1.82) is 0 Å². The van der Waals surface area contributed by atoms with E-state index >= 15 is 0 Å². The summed E-state index contributed by atoms with van der Waals surface area (Å²) in [7, 11) is 0. The second kappa shape index (κ2) is 6.94. The third-order valence-electron chi connectivity index (χ3n) is 2.94. The Balaban J connectivity index is 1.56. The second-order valence-corrected chi connectivity index (χ2v) is 4.49. The van der Waals surface area contributed by atoms with E-state index in [0.717, 1.165) is 17.3 Å². The van der Waals surface area contributed by atoms with Crippen molar-refractivity contribution in [2.75, 3.05) is 0 Å². The van der Waals surface area contributed by atoms with E-state index in [9.17, 15) is 0 Å². The Labute approximate surface area is 122 Å². The zero-order chi connectivity index (χ0) is 14.3. The van der Waals surface area contributed by atoms with Gasteiger partial charge in [-0.1, -0.05) is 0 Å². The molecule has 6 nitrogen and oxygen atoms in total. The fourth-order valence-corrected chi connectivity index (χ4v) is 1.90. The molecular formula is C15H17N3O3. The van der Waals surface area contributed by atoms with Crippen molar-refractivity contribution in [3.63, 3.8) is 0 Å². The lowest BCUT2D eigenvalue weighted by molar-refractivity contribution is 0.0805. The topological polar surface area (TPSA) is 66.7 Å². The number of rotatable bonds is 8. The van der Waals surface area contributed by atoms with Crippen LogP contribution in [-0.4, -0.2) is 5.12 Å². The molecule has 6 heteroatoms. The molecule has 0 saturated carbocycles. The molecule has 0 aliphatic rings. The highest BCUT2D eigenvalue weighted by molar-refractivity contribution is 5.00. The lowest BCUT2D eigenvalue weighted by Crippen LogP contribution is -2.46. The molecule has 0 aliphatic carbocycles. The summed E-state index contributed by atoms with van der Waals surface area (Å²) in [5, 5.41) is 1.85. The standard InChI is InChI=1S/C15H17N3O3/c1-4-13(19-7-1)10-16-18(12-15-6-3-9-21-15)17-11-14-5-2-8-20-14/h1-9,16-17H,10-12H2. The van der Waals surface area contributed by atoms with Crippen LogP contribution in [0.15, 0.2) is 68.4 Å². The summed E-state index contributed by atoms with van der Waals surface area (Å²) in [6.07, 6.45) is 4.97. The number of nitrogens with zero attached hydrogens (tertiary/aromatic N) is 1. The number of hydrogen-bond donors (Lipinski definition) is 2. The summed E-state index contributed by atoms with van der Waals surface area (Å²) in [6.45, 7) is 1.74. The lowest BCUT2D eigenvalue weighted by Gasteiger charge is -2.22. The summed E-state index contributed by atoms with van der Waals surface area (Å²) >= 11 is 0. The first-order valence-corrected chi connectivity index (χ1v) is 6.72. The van der Waals surface area contributed by atoms with Crippen LogP contribution in [0.2, 0.25) is 0 Å². The maximum Gasteiger partial charge on any atom is 0.120 e. The van der Waals surface area contributed by atoms with Gasteiger partial charge in [0.1, 0.15) is 17.3 Å². The van der Waals surface area contributed by atoms with E-state index in [2.05, 4.69) is 10.9 Å². The molecule has 0 bridgehead atoms. The zero-order valence-corrected chi connectivity index (χ0v) is 11.5. The van der Waals surface area contributed by atoms with Crippen LogP contribution in [0.4, 0.5) is 0 Å². The molecule has 0 radical (unpaired) electrons. The first-order valence-electron chi connectivity index (χ1n) is 6.72. The van der Waals surface area contributed by atoms with Gasteiger partial charge in [-0.2, -0.15) is 5.12 Å². The van der Waals surface area contributed by atoms with Crippen molar-refractivity contribution in [2.45, 2.75) is 19.6 Å². The van der Waals surface area contributed by atoms with E-state index in [4.69, 9.17) is 13.3 Å². The molecule has 0 atom stereocenters. The highest BCUT2D eigenvalue weighted by Crippen LogP contribution is 2.05. The van der Waals surface area contributed by atoms with Crippen LogP contribution in [0.3, 0.4) is 0 Å². The smallest absolute Gasteiger partial charge is 0.120 e. The van der Waals surface area contributed by atoms with Crippen LogP contribution in [0.5, 0.6) is 0 Å². The molecule has 3 aromatic rings. The van der Waals surface area contributed by atoms with Crippen LogP contribution in [-0.2, 0) is 19.6 Å². The van der Waals surface area contributed by atoms with Crippen molar-refractivity contribution in [1.82, 2.24) is 16.0 Å². The third-order valence-corrected chi connectivity index (χ3v) is 2.94. The van der Waals surface area contributed by atoms with E-state index in [1.54, 1.807) is 18.8 Å². The van der Waals surface area contributed by atoms with E-state index in [0.29, 0.717) is 19.6 Å². The van der Waals surface area contributed by atoms with E-state index in [1.807, 2.05) is 41.5 Å². The Hall–Kier alpha value is -2.28. The molecule has 3 heterocycles. The molecule has 110 valence electrons. The van der Waals surface area contributed by atoms with Crippen LogP contribution in [0, 0.1) is 0 Å². The van der Waals surface area contributed by atoms with Gasteiger partial charge < -0.3 is 13.3 Å². The Morgan fingerprint density at radius 1 is 0.714 bits per heavy atom. The average molecular weight is 287 g/mol. The van der Waals surface area contributed by atoms with Crippen molar-refractivity contribution in [3.8, 4) is 0 Å². The molecule has 21 heavy (non-hydrogen) atoms. The normalized spacial score (nSPS) is 11.3. The van der Waals surface area contributed by atoms with Crippen LogP contribution in [0.1, 0.15) is 17.3 Å². The van der Waals surface area contributed by atoms with Gasteiger partial charge in [-0.05, 0) is 36.4 Å². The maximum absolute atomic E-state index is 5.37. The van der Waals surface area contributed by atoms with E-state index in [-0.39, 0.29) is 0 Å². The summed E-state index contributed by atoms with van der Waals surface area (Å²) in [5.74, 6) is 2.58. The van der Waals surface area contributed by atoms with Gasteiger partial charge in [-0.15, -0.1) is 0 Å². The first kappa shape index (κ1) is 13.7. The minimum Gasteiger partial charge on any atom is -0.468 e. The van der Waals surface area contributed by atoms with Crippen molar-refractivity contribution >= 4 is 0 Å². The minimum absolute atomic E-state index is 0.578. The summed E-state index contributed by atoms with van der Waals surface area (Å²) < 4.78 is 16.0. The highest BCUT2D eigenvalue weighted by Gasteiger charge is 2.09. The van der Waals surface area contributed by atoms with Crippen molar-refractivity contribution < 1.29 is 13.3 Å². The minimum atomic E-state index is 0.578. The lowest BCUT2D eigenvalue weighted by atomic mass is 10.4. The number of hydrazine groups is 2. The molecule has 0 amide bonds. The van der Waals surface area contributed by atoms with Crippen LogP contribution in [0.25, 0.3) is 0 Å². The first-order chi connectivity index (χ1) is 10.4. The quantitative estimate of drug-likeness (QED) is 0.621. The predicted molar refractivity (Wildman–Crippen MR) is 75.3 cm³/mol. The Morgan fingerprint density at radius 2 is 1.19 bits per heavy atom. The maximum atomic E-state index is 5.37. The number of nitrogens with one attached hydrogen (secondary N) is 2. The molecule has 3 aromatic heterocycles. The second-order valence-electron chi connectivity index (χ2n) is 4.49. The van der Waals surface area contributed by atoms with Gasteiger partial charge in [-0.3, -0.25) is 0 Å².